The minimum absolute atomic E-state index is 0.0356. The van der Waals surface area contributed by atoms with Crippen LogP contribution in [0.15, 0.2) is 42.5 Å². The average molecular weight is 440 g/mol. The van der Waals surface area contributed by atoms with Crippen LogP contribution in [0, 0.1) is 0 Å². The molecule has 2 amide bonds. The third-order valence-corrected chi connectivity index (χ3v) is 6.88. The fourth-order valence-electron chi connectivity index (χ4n) is 4.62. The number of anilines is 1. The number of halogens is 1. The lowest BCUT2D eigenvalue weighted by Gasteiger charge is -2.31. The minimum Gasteiger partial charge on any atom is -0.376 e. The molecule has 31 heavy (non-hydrogen) atoms. The van der Waals surface area contributed by atoms with Crippen LogP contribution in [0.5, 0.6) is 0 Å². The van der Waals surface area contributed by atoms with E-state index >= 15 is 0 Å². The van der Waals surface area contributed by atoms with Crippen LogP contribution in [0.1, 0.15) is 53.6 Å². The summed E-state index contributed by atoms with van der Waals surface area (Å²) in [6.07, 6.45) is 6.61. The molecular weight excluding hydrogens is 410 g/mol. The van der Waals surface area contributed by atoms with Gasteiger partial charge in [-0.05, 0) is 48.6 Å². The Hall–Kier alpha value is -2.53. The second-order valence-corrected chi connectivity index (χ2v) is 9.00. The number of benzene rings is 2. The van der Waals surface area contributed by atoms with E-state index in [0.717, 1.165) is 31.5 Å². The van der Waals surface area contributed by atoms with Gasteiger partial charge in [-0.15, -0.1) is 0 Å². The molecule has 4 rings (SSSR count). The average Bonchev–Trinajstić information content (AvgIpc) is 2.82. The Labute approximate surface area is 189 Å². The summed E-state index contributed by atoms with van der Waals surface area (Å²) in [5.41, 5.74) is 3.80. The predicted molar refractivity (Wildman–Crippen MR) is 124 cm³/mol. The largest absolute Gasteiger partial charge is 0.376 e. The first-order chi connectivity index (χ1) is 15.0. The maximum absolute atomic E-state index is 12.9. The monoisotopic (exact) mass is 439 g/mol. The van der Waals surface area contributed by atoms with Gasteiger partial charge in [-0.1, -0.05) is 55.1 Å². The topological polar surface area (TPSA) is 52.7 Å². The first kappa shape index (κ1) is 21.7. The first-order valence-corrected chi connectivity index (χ1v) is 11.6. The number of hydrogen-bond donors (Lipinski definition) is 1. The number of carbonyl (C=O) groups is 2. The summed E-state index contributed by atoms with van der Waals surface area (Å²) in [6, 6.07) is 13.9. The third-order valence-electron chi connectivity index (χ3n) is 6.57. The molecule has 1 heterocycles. The molecule has 0 saturated heterocycles. The SMILES string of the molecule is CN(C(=O)c1ccc(NCC(=O)N2CCc3ccccc3C2)cc1Cl)C1CCCCC1. The van der Waals surface area contributed by atoms with Crippen LogP contribution >= 0.6 is 11.6 Å². The summed E-state index contributed by atoms with van der Waals surface area (Å²) < 4.78 is 0. The summed E-state index contributed by atoms with van der Waals surface area (Å²) in [5.74, 6) is 0.0225. The quantitative estimate of drug-likeness (QED) is 0.731. The molecule has 0 unspecified atom stereocenters. The molecule has 0 bridgehead atoms. The van der Waals surface area contributed by atoms with Gasteiger partial charge in [0.2, 0.25) is 5.91 Å². The van der Waals surface area contributed by atoms with Crippen LogP contribution in [0.25, 0.3) is 0 Å². The van der Waals surface area contributed by atoms with Gasteiger partial charge in [0.1, 0.15) is 0 Å². The van der Waals surface area contributed by atoms with Crippen molar-refractivity contribution in [3.05, 3.63) is 64.2 Å². The Morgan fingerprint density at radius 3 is 2.58 bits per heavy atom. The zero-order valence-electron chi connectivity index (χ0n) is 18.1. The number of nitrogens with one attached hydrogen (secondary N) is 1. The van der Waals surface area contributed by atoms with Crippen molar-refractivity contribution in [2.45, 2.75) is 51.1 Å². The first-order valence-electron chi connectivity index (χ1n) is 11.2. The van der Waals surface area contributed by atoms with Crippen LogP contribution in [-0.2, 0) is 17.8 Å². The summed E-state index contributed by atoms with van der Waals surface area (Å²) in [6.45, 7) is 1.59. The van der Waals surface area contributed by atoms with Gasteiger partial charge in [-0.2, -0.15) is 0 Å². The van der Waals surface area contributed by atoms with E-state index in [-0.39, 0.29) is 18.4 Å². The van der Waals surface area contributed by atoms with E-state index in [1.165, 1.54) is 30.4 Å². The fraction of sp³-hybridized carbons (Fsp3) is 0.440. The Kier molecular flexibility index (Phi) is 6.81. The Morgan fingerprint density at radius 2 is 1.84 bits per heavy atom. The highest BCUT2D eigenvalue weighted by Crippen LogP contribution is 2.27. The molecule has 6 heteroatoms. The van der Waals surface area contributed by atoms with Gasteiger partial charge in [0, 0.05) is 31.9 Å². The van der Waals surface area contributed by atoms with Crippen molar-refractivity contribution < 1.29 is 9.59 Å². The van der Waals surface area contributed by atoms with E-state index < -0.39 is 0 Å². The Balaban J connectivity index is 1.34. The van der Waals surface area contributed by atoms with Gasteiger partial charge in [0.15, 0.2) is 0 Å². The lowest BCUT2D eigenvalue weighted by Crippen LogP contribution is -2.39. The highest BCUT2D eigenvalue weighted by Gasteiger charge is 2.25. The summed E-state index contributed by atoms with van der Waals surface area (Å²) in [4.78, 5) is 29.3. The predicted octanol–water partition coefficient (Wildman–Crippen LogP) is 4.74. The molecule has 1 aliphatic heterocycles. The van der Waals surface area contributed by atoms with Crippen LogP contribution in [-0.4, -0.2) is 47.8 Å². The number of amides is 2. The lowest BCUT2D eigenvalue weighted by atomic mass is 9.94. The Morgan fingerprint density at radius 1 is 1.10 bits per heavy atom. The molecule has 2 aliphatic rings. The molecule has 1 saturated carbocycles. The molecule has 164 valence electrons. The lowest BCUT2D eigenvalue weighted by molar-refractivity contribution is -0.130. The van der Waals surface area contributed by atoms with Gasteiger partial charge >= 0.3 is 0 Å². The molecule has 2 aromatic rings. The Bertz CT molecular complexity index is 956. The van der Waals surface area contributed by atoms with Gasteiger partial charge in [-0.25, -0.2) is 0 Å². The molecule has 5 nitrogen and oxygen atoms in total. The summed E-state index contributed by atoms with van der Waals surface area (Å²) >= 11 is 6.44. The molecule has 0 radical (unpaired) electrons. The van der Waals surface area contributed by atoms with Crippen molar-refractivity contribution in [3.8, 4) is 0 Å². The van der Waals surface area contributed by atoms with E-state index in [9.17, 15) is 9.59 Å². The van der Waals surface area contributed by atoms with E-state index in [2.05, 4.69) is 17.4 Å². The normalized spacial score (nSPS) is 16.5. The number of fused-ring (bicyclic) bond motifs is 1. The standard InChI is InChI=1S/C25H30ClN3O2/c1-28(21-9-3-2-4-10-21)25(31)22-12-11-20(15-23(22)26)27-16-24(30)29-14-13-18-7-5-6-8-19(18)17-29/h5-8,11-12,15,21,27H,2-4,9-10,13-14,16-17H2,1H3. The molecule has 1 fully saturated rings. The minimum atomic E-state index is -0.0356. The maximum Gasteiger partial charge on any atom is 0.255 e. The molecule has 0 atom stereocenters. The van der Waals surface area contributed by atoms with Crippen molar-refractivity contribution in [2.75, 3.05) is 25.5 Å². The zero-order chi connectivity index (χ0) is 21.8. The zero-order valence-corrected chi connectivity index (χ0v) is 18.8. The van der Waals surface area contributed by atoms with Crippen molar-refractivity contribution >= 4 is 29.1 Å². The van der Waals surface area contributed by atoms with Gasteiger partial charge in [-0.3, -0.25) is 9.59 Å². The number of carbonyl (C=O) groups excluding carboxylic acids is 2. The van der Waals surface area contributed by atoms with Gasteiger partial charge in [0.05, 0.1) is 17.1 Å². The summed E-state index contributed by atoms with van der Waals surface area (Å²) in [5, 5.41) is 3.58. The summed E-state index contributed by atoms with van der Waals surface area (Å²) in [7, 11) is 1.87. The van der Waals surface area contributed by atoms with Crippen LogP contribution in [0.2, 0.25) is 5.02 Å². The van der Waals surface area contributed by atoms with Crippen molar-refractivity contribution in [1.29, 1.82) is 0 Å². The fourth-order valence-corrected chi connectivity index (χ4v) is 4.88. The van der Waals surface area contributed by atoms with E-state index in [0.29, 0.717) is 23.2 Å². The second-order valence-electron chi connectivity index (χ2n) is 8.59. The highest BCUT2D eigenvalue weighted by atomic mass is 35.5. The molecule has 0 aromatic heterocycles. The van der Waals surface area contributed by atoms with Crippen molar-refractivity contribution in [1.82, 2.24) is 9.80 Å². The molecule has 0 spiro atoms. The van der Waals surface area contributed by atoms with Crippen molar-refractivity contribution in [3.63, 3.8) is 0 Å². The van der Waals surface area contributed by atoms with Crippen LogP contribution < -0.4 is 5.32 Å². The highest BCUT2D eigenvalue weighted by molar-refractivity contribution is 6.34. The van der Waals surface area contributed by atoms with Crippen LogP contribution in [0.3, 0.4) is 0 Å². The molecule has 1 aliphatic carbocycles. The van der Waals surface area contributed by atoms with Crippen LogP contribution in [0.4, 0.5) is 5.69 Å². The molecule has 2 aromatic carbocycles. The van der Waals surface area contributed by atoms with Crippen molar-refractivity contribution in [2.24, 2.45) is 0 Å². The van der Waals surface area contributed by atoms with Gasteiger partial charge in [0.25, 0.3) is 5.91 Å². The van der Waals surface area contributed by atoms with Gasteiger partial charge < -0.3 is 15.1 Å². The van der Waals surface area contributed by atoms with E-state index in [1.807, 2.05) is 35.0 Å². The molecular formula is C25H30ClN3O2. The number of hydrogen-bond acceptors (Lipinski definition) is 3. The second kappa shape index (κ2) is 9.73. The van der Waals surface area contributed by atoms with E-state index in [1.54, 1.807) is 12.1 Å². The third kappa shape index (κ3) is 5.04. The number of rotatable bonds is 5. The van der Waals surface area contributed by atoms with E-state index in [4.69, 9.17) is 11.6 Å². The smallest absolute Gasteiger partial charge is 0.255 e. The number of nitrogens with zero attached hydrogens (tertiary/aromatic N) is 2. The molecule has 1 N–H and O–H groups in total. The maximum atomic E-state index is 12.9.